The highest BCUT2D eigenvalue weighted by atomic mass is 32.2. The van der Waals surface area contributed by atoms with Gasteiger partial charge in [-0.1, -0.05) is 0 Å². The molecule has 0 aromatic carbocycles. The van der Waals surface area contributed by atoms with E-state index in [1.807, 2.05) is 12.1 Å². The summed E-state index contributed by atoms with van der Waals surface area (Å²) in [4.78, 5) is 18.1. The van der Waals surface area contributed by atoms with Crippen molar-refractivity contribution in [1.82, 2.24) is 33.7 Å². The second kappa shape index (κ2) is 7.67. The van der Waals surface area contributed by atoms with Crippen LogP contribution in [0.4, 0.5) is 0 Å². The van der Waals surface area contributed by atoms with Gasteiger partial charge in [0.15, 0.2) is 5.82 Å². The van der Waals surface area contributed by atoms with Crippen molar-refractivity contribution in [1.29, 1.82) is 0 Å². The van der Waals surface area contributed by atoms with E-state index in [0.717, 1.165) is 39.4 Å². The zero-order chi connectivity index (χ0) is 23.5. The third-order valence-electron chi connectivity index (χ3n) is 6.88. The van der Waals surface area contributed by atoms with E-state index in [4.69, 9.17) is 0 Å². The molecule has 0 unspecified atom stereocenters. The molecule has 176 valence electrons. The van der Waals surface area contributed by atoms with E-state index in [2.05, 4.69) is 36.5 Å². The van der Waals surface area contributed by atoms with Crippen molar-refractivity contribution in [2.75, 3.05) is 0 Å². The Morgan fingerprint density at radius 3 is 2.68 bits per heavy atom. The monoisotopic (exact) mass is 479 g/mol. The second-order valence-electron chi connectivity index (χ2n) is 9.43. The molecule has 2 fully saturated rings. The molecule has 0 saturated heterocycles. The molecule has 0 radical (unpaired) electrons. The van der Waals surface area contributed by atoms with Gasteiger partial charge in [0.05, 0.1) is 40.6 Å². The molecule has 34 heavy (non-hydrogen) atoms. The molecule has 1 N–H and O–H groups in total. The smallest absolute Gasteiger partial charge is 0.256 e. The predicted molar refractivity (Wildman–Crippen MR) is 124 cm³/mol. The summed E-state index contributed by atoms with van der Waals surface area (Å²) >= 11 is 0. The molecule has 11 heteroatoms. The highest BCUT2D eigenvalue weighted by Gasteiger charge is 2.38. The summed E-state index contributed by atoms with van der Waals surface area (Å²) in [7, 11) is -3.43. The summed E-state index contributed by atoms with van der Waals surface area (Å²) in [6.07, 6.45) is 11.5. The van der Waals surface area contributed by atoms with Crippen LogP contribution in [-0.4, -0.2) is 52.5 Å². The summed E-state index contributed by atoms with van der Waals surface area (Å²) in [5.41, 5.74) is 3.86. The lowest BCUT2D eigenvalue weighted by Gasteiger charge is -2.41. The lowest BCUT2D eigenvalue weighted by molar-refractivity contribution is 0.156. The molecule has 4 aromatic rings. The summed E-state index contributed by atoms with van der Waals surface area (Å²) in [5, 5.41) is 13.6. The van der Waals surface area contributed by atoms with Gasteiger partial charge in [0, 0.05) is 23.9 Å². The van der Waals surface area contributed by atoms with Crippen LogP contribution >= 0.6 is 0 Å². The van der Waals surface area contributed by atoms with E-state index in [0.29, 0.717) is 36.5 Å². The third kappa shape index (κ3) is 3.50. The Morgan fingerprint density at radius 1 is 1.15 bits per heavy atom. The van der Waals surface area contributed by atoms with Crippen LogP contribution in [0.5, 0.6) is 0 Å². The van der Waals surface area contributed by atoms with Crippen molar-refractivity contribution >= 4 is 21.1 Å². The van der Waals surface area contributed by atoms with Crippen molar-refractivity contribution in [3.05, 3.63) is 54.1 Å². The fourth-order valence-corrected chi connectivity index (χ4v) is 6.16. The average molecular weight is 480 g/mol. The van der Waals surface area contributed by atoms with E-state index >= 15 is 0 Å². The van der Waals surface area contributed by atoms with E-state index in [1.165, 1.54) is 18.8 Å². The number of hydrogen-bond acceptors (Lipinski definition) is 8. The van der Waals surface area contributed by atoms with Crippen LogP contribution in [0.25, 0.3) is 22.4 Å². The van der Waals surface area contributed by atoms with Crippen molar-refractivity contribution in [3.8, 4) is 11.4 Å². The Labute approximate surface area is 196 Å². The van der Waals surface area contributed by atoms with Crippen molar-refractivity contribution in [2.24, 2.45) is 0 Å². The molecule has 2 aliphatic rings. The van der Waals surface area contributed by atoms with Crippen LogP contribution in [0.15, 0.2) is 36.9 Å². The van der Waals surface area contributed by atoms with Gasteiger partial charge < -0.3 is 9.67 Å². The third-order valence-corrected chi connectivity index (χ3v) is 8.91. The van der Waals surface area contributed by atoms with Gasteiger partial charge in [-0.2, -0.15) is 9.19 Å². The first-order chi connectivity index (χ1) is 16.4. The summed E-state index contributed by atoms with van der Waals surface area (Å²) in [6.45, 7) is 2.09. The van der Waals surface area contributed by atoms with Crippen LogP contribution in [0.2, 0.25) is 0 Å². The lowest BCUT2D eigenvalue weighted by Crippen LogP contribution is -2.38. The molecule has 0 spiro atoms. The predicted octanol–water partition coefficient (Wildman–Crippen LogP) is 2.41. The Bertz CT molecular complexity index is 1500. The quantitative estimate of drug-likeness (QED) is 0.428. The maximum Gasteiger partial charge on any atom is 0.256 e. The molecular formula is C23H25N7O3S. The number of aromatic nitrogens is 7. The largest absolute Gasteiger partial charge is 0.388 e. The molecule has 0 bridgehead atoms. The minimum atomic E-state index is -3.43. The number of nitrogens with zero attached hydrogens (tertiary/aromatic N) is 7. The van der Waals surface area contributed by atoms with E-state index < -0.39 is 10.0 Å². The average Bonchev–Trinajstić information content (AvgIpc) is 3.44. The number of fused-ring (bicyclic) bond motifs is 1. The first kappa shape index (κ1) is 21.4. The molecule has 4 heterocycles. The number of hydrogen-bond donors (Lipinski definition) is 1. The first-order valence-corrected chi connectivity index (χ1v) is 13.0. The fraction of sp³-hybridized carbons (Fsp3) is 0.435. The molecule has 0 atom stereocenters. The van der Waals surface area contributed by atoms with Crippen LogP contribution in [-0.2, 0) is 28.6 Å². The topological polar surface area (TPSA) is 129 Å². The number of aliphatic hydroxyl groups excluding tert-OH is 1. The SMILES string of the molecule is CC1(n2c(CO)nc3cnc(Cc4ccnc(-c5cnn(S(=O)(=O)C6CC6)c5)n4)cc32)CCC1. The van der Waals surface area contributed by atoms with Crippen LogP contribution in [0.1, 0.15) is 56.2 Å². The molecular weight excluding hydrogens is 454 g/mol. The molecule has 6 rings (SSSR count). The van der Waals surface area contributed by atoms with Crippen molar-refractivity contribution in [2.45, 2.75) is 62.8 Å². The minimum Gasteiger partial charge on any atom is -0.388 e. The van der Waals surface area contributed by atoms with Crippen LogP contribution in [0.3, 0.4) is 0 Å². The van der Waals surface area contributed by atoms with Crippen LogP contribution < -0.4 is 0 Å². The van der Waals surface area contributed by atoms with Gasteiger partial charge in [-0.15, -0.1) is 0 Å². The molecule has 4 aromatic heterocycles. The maximum atomic E-state index is 12.4. The normalized spacial score (nSPS) is 17.7. The first-order valence-electron chi connectivity index (χ1n) is 11.5. The second-order valence-corrected chi connectivity index (χ2v) is 11.5. The van der Waals surface area contributed by atoms with Gasteiger partial charge in [-0.3, -0.25) is 4.98 Å². The van der Waals surface area contributed by atoms with E-state index in [9.17, 15) is 13.5 Å². The Hall–Kier alpha value is -3.18. The summed E-state index contributed by atoms with van der Waals surface area (Å²) in [6, 6.07) is 3.84. The molecule has 0 amide bonds. The minimum absolute atomic E-state index is 0.0333. The number of rotatable bonds is 7. The summed E-state index contributed by atoms with van der Waals surface area (Å²) in [5.74, 6) is 1.09. The van der Waals surface area contributed by atoms with Gasteiger partial charge in [-0.25, -0.2) is 23.4 Å². The summed E-state index contributed by atoms with van der Waals surface area (Å²) < 4.78 is 28.1. The lowest BCUT2D eigenvalue weighted by atomic mass is 9.78. The molecule has 0 aliphatic heterocycles. The zero-order valence-electron chi connectivity index (χ0n) is 18.8. The Morgan fingerprint density at radius 2 is 1.97 bits per heavy atom. The van der Waals surface area contributed by atoms with Gasteiger partial charge in [0.1, 0.15) is 17.9 Å². The van der Waals surface area contributed by atoms with Gasteiger partial charge in [-0.05, 0) is 51.2 Å². The van der Waals surface area contributed by atoms with E-state index in [1.54, 1.807) is 12.4 Å². The van der Waals surface area contributed by atoms with Gasteiger partial charge in [0.25, 0.3) is 10.0 Å². The number of aliphatic hydroxyl groups is 1. The molecule has 2 aliphatic carbocycles. The number of imidazole rings is 1. The number of pyridine rings is 1. The molecule has 10 nitrogen and oxygen atoms in total. The highest BCUT2D eigenvalue weighted by molar-refractivity contribution is 7.90. The van der Waals surface area contributed by atoms with Crippen LogP contribution in [0, 0.1) is 0 Å². The van der Waals surface area contributed by atoms with Crippen molar-refractivity contribution in [3.63, 3.8) is 0 Å². The Kier molecular flexibility index (Phi) is 4.82. The van der Waals surface area contributed by atoms with Gasteiger partial charge >= 0.3 is 0 Å². The standard InChI is InChI=1S/C23H25N7O3S/c1-23(6-2-7-23)30-20-10-17(25-12-19(20)28-21(30)14-31)9-16-5-8-24-22(27-16)15-11-26-29(13-15)34(32,33)18-3-4-18/h5,8,10-13,18,31H,2-4,6-7,9,14H2,1H3. The highest BCUT2D eigenvalue weighted by Crippen LogP contribution is 2.41. The maximum absolute atomic E-state index is 12.4. The van der Waals surface area contributed by atoms with Crippen molar-refractivity contribution < 1.29 is 13.5 Å². The zero-order valence-corrected chi connectivity index (χ0v) is 19.6. The molecule has 2 saturated carbocycles. The Balaban J connectivity index is 1.30. The fourth-order valence-electron chi connectivity index (χ4n) is 4.69. The van der Waals surface area contributed by atoms with Gasteiger partial charge in [0.2, 0.25) is 0 Å². The van der Waals surface area contributed by atoms with E-state index in [-0.39, 0.29) is 17.4 Å².